The molecule has 1 N–H and O–H groups in total. The van der Waals surface area contributed by atoms with Crippen LogP contribution in [0.4, 0.5) is 0 Å². The van der Waals surface area contributed by atoms with E-state index in [0.29, 0.717) is 17.7 Å². The highest BCUT2D eigenvalue weighted by molar-refractivity contribution is 7.08. The van der Waals surface area contributed by atoms with E-state index in [-0.39, 0.29) is 17.8 Å². The lowest BCUT2D eigenvalue weighted by Gasteiger charge is -2.26. The molecule has 18 heavy (non-hydrogen) atoms. The van der Waals surface area contributed by atoms with E-state index in [1.807, 2.05) is 16.8 Å². The summed E-state index contributed by atoms with van der Waals surface area (Å²) in [6.45, 7) is 3.59. The maximum Gasteiger partial charge on any atom is 0.337 e. The summed E-state index contributed by atoms with van der Waals surface area (Å²) in [4.78, 5) is 23.8. The molecule has 1 aromatic heterocycles. The van der Waals surface area contributed by atoms with Crippen molar-refractivity contribution in [3.8, 4) is 0 Å². The van der Waals surface area contributed by atoms with Crippen LogP contribution >= 0.6 is 11.3 Å². The topological polar surface area (TPSA) is 55.4 Å². The lowest BCUT2D eigenvalue weighted by molar-refractivity contribution is -0.144. The van der Waals surface area contributed by atoms with E-state index in [1.54, 1.807) is 25.2 Å². The van der Waals surface area contributed by atoms with Gasteiger partial charge in [-0.25, -0.2) is 4.79 Å². The van der Waals surface area contributed by atoms with Gasteiger partial charge in [-0.15, -0.1) is 0 Å². The standard InChI is InChI=1S/C13H13NO3S/c1-13(2)11-10(12(16)17-13)8(5-9(15)14-11)7-3-4-18-6-7/h3-4,6,8H,5H2,1-2H3,(H,14,15)/t8-/m0/s1. The molecule has 0 unspecified atom stereocenters. The predicted octanol–water partition coefficient (Wildman–Crippen LogP) is 1.94. The van der Waals surface area contributed by atoms with Crippen LogP contribution in [0.5, 0.6) is 0 Å². The van der Waals surface area contributed by atoms with Crippen molar-refractivity contribution in [3.05, 3.63) is 33.7 Å². The number of cyclic esters (lactones) is 1. The summed E-state index contributed by atoms with van der Waals surface area (Å²) in [5.41, 5.74) is 1.51. The molecule has 94 valence electrons. The molecule has 1 amide bonds. The molecule has 3 rings (SSSR count). The summed E-state index contributed by atoms with van der Waals surface area (Å²) in [7, 11) is 0. The van der Waals surface area contributed by atoms with Crippen LogP contribution in [0.15, 0.2) is 28.1 Å². The quantitative estimate of drug-likeness (QED) is 0.788. The zero-order valence-corrected chi connectivity index (χ0v) is 11.0. The number of ether oxygens (including phenoxy) is 1. The first kappa shape index (κ1) is 11.5. The summed E-state index contributed by atoms with van der Waals surface area (Å²) >= 11 is 1.56. The molecular weight excluding hydrogens is 250 g/mol. The average molecular weight is 263 g/mol. The Hall–Kier alpha value is -1.62. The van der Waals surface area contributed by atoms with Crippen molar-refractivity contribution in [1.29, 1.82) is 0 Å². The monoisotopic (exact) mass is 263 g/mol. The van der Waals surface area contributed by atoms with Gasteiger partial charge in [0.15, 0.2) is 0 Å². The third-order valence-corrected chi connectivity index (χ3v) is 4.09. The minimum Gasteiger partial charge on any atom is -0.450 e. The van der Waals surface area contributed by atoms with Crippen molar-refractivity contribution in [2.24, 2.45) is 0 Å². The van der Waals surface area contributed by atoms with Crippen molar-refractivity contribution in [2.45, 2.75) is 31.8 Å². The highest BCUT2D eigenvalue weighted by Gasteiger charge is 2.47. The van der Waals surface area contributed by atoms with Crippen LogP contribution in [-0.4, -0.2) is 17.5 Å². The van der Waals surface area contributed by atoms with E-state index >= 15 is 0 Å². The molecule has 1 atom stereocenters. The Bertz CT molecular complexity index is 557. The van der Waals surface area contributed by atoms with Gasteiger partial charge >= 0.3 is 5.97 Å². The maximum atomic E-state index is 12.0. The highest BCUT2D eigenvalue weighted by atomic mass is 32.1. The molecule has 0 saturated carbocycles. The normalized spacial score (nSPS) is 25.8. The fourth-order valence-corrected chi connectivity index (χ4v) is 3.25. The van der Waals surface area contributed by atoms with Crippen LogP contribution < -0.4 is 5.32 Å². The van der Waals surface area contributed by atoms with Crippen LogP contribution in [0.25, 0.3) is 0 Å². The van der Waals surface area contributed by atoms with Gasteiger partial charge in [-0.1, -0.05) is 0 Å². The van der Waals surface area contributed by atoms with E-state index in [9.17, 15) is 9.59 Å². The van der Waals surface area contributed by atoms with Gasteiger partial charge in [0.1, 0.15) is 5.60 Å². The number of amides is 1. The number of carbonyl (C=O) groups excluding carboxylic acids is 2. The Kier molecular flexibility index (Phi) is 2.35. The minimum absolute atomic E-state index is 0.0590. The molecule has 0 aromatic carbocycles. The maximum absolute atomic E-state index is 12.0. The third kappa shape index (κ3) is 1.58. The van der Waals surface area contributed by atoms with Crippen LogP contribution in [0.2, 0.25) is 0 Å². The number of nitrogens with one attached hydrogen (secondary N) is 1. The summed E-state index contributed by atoms with van der Waals surface area (Å²) in [5.74, 6) is -0.545. The smallest absolute Gasteiger partial charge is 0.337 e. The highest BCUT2D eigenvalue weighted by Crippen LogP contribution is 2.42. The zero-order valence-electron chi connectivity index (χ0n) is 10.1. The number of esters is 1. The van der Waals surface area contributed by atoms with Gasteiger partial charge in [0.25, 0.3) is 0 Å². The number of carbonyl (C=O) groups is 2. The van der Waals surface area contributed by atoms with Crippen molar-refractivity contribution in [3.63, 3.8) is 0 Å². The molecule has 4 nitrogen and oxygen atoms in total. The zero-order chi connectivity index (χ0) is 12.9. The van der Waals surface area contributed by atoms with Crippen molar-refractivity contribution in [2.75, 3.05) is 0 Å². The Labute approximate surface area is 109 Å². The number of hydrogen-bond donors (Lipinski definition) is 1. The van der Waals surface area contributed by atoms with Crippen LogP contribution in [0.3, 0.4) is 0 Å². The Morgan fingerprint density at radius 1 is 1.44 bits per heavy atom. The molecule has 2 aliphatic rings. The third-order valence-electron chi connectivity index (χ3n) is 3.39. The molecule has 0 bridgehead atoms. The second-order valence-corrected chi connectivity index (χ2v) is 5.83. The first-order chi connectivity index (χ1) is 8.49. The molecule has 0 saturated heterocycles. The van der Waals surface area contributed by atoms with Gasteiger partial charge in [-0.2, -0.15) is 11.3 Å². The fourth-order valence-electron chi connectivity index (χ4n) is 2.53. The first-order valence-electron chi connectivity index (χ1n) is 5.79. The van der Waals surface area contributed by atoms with E-state index < -0.39 is 5.60 Å². The van der Waals surface area contributed by atoms with Crippen LogP contribution in [0, 0.1) is 0 Å². The van der Waals surface area contributed by atoms with Gasteiger partial charge in [-0.05, 0) is 36.2 Å². The van der Waals surface area contributed by atoms with E-state index in [0.717, 1.165) is 5.56 Å². The van der Waals surface area contributed by atoms with Crippen LogP contribution in [0.1, 0.15) is 31.7 Å². The first-order valence-corrected chi connectivity index (χ1v) is 6.73. The molecule has 0 spiro atoms. The molecule has 5 heteroatoms. The summed E-state index contributed by atoms with van der Waals surface area (Å²) in [6.07, 6.45) is 0.306. The number of hydrogen-bond acceptors (Lipinski definition) is 4. The van der Waals surface area contributed by atoms with E-state index in [2.05, 4.69) is 5.32 Å². The molecule has 3 heterocycles. The molecule has 2 aliphatic heterocycles. The molecule has 0 fully saturated rings. The van der Waals surface area contributed by atoms with Crippen molar-refractivity contribution < 1.29 is 14.3 Å². The van der Waals surface area contributed by atoms with E-state index in [4.69, 9.17) is 4.74 Å². The Morgan fingerprint density at radius 3 is 2.89 bits per heavy atom. The second kappa shape index (κ2) is 3.68. The number of rotatable bonds is 1. The van der Waals surface area contributed by atoms with Crippen molar-refractivity contribution in [1.82, 2.24) is 5.32 Å². The molecule has 1 aromatic rings. The van der Waals surface area contributed by atoms with Crippen LogP contribution in [-0.2, 0) is 14.3 Å². The fraction of sp³-hybridized carbons (Fsp3) is 0.385. The molecule has 0 radical (unpaired) electrons. The molecular formula is C13H13NO3S. The van der Waals surface area contributed by atoms with Gasteiger partial charge in [0, 0.05) is 12.3 Å². The minimum atomic E-state index is -0.739. The van der Waals surface area contributed by atoms with E-state index in [1.165, 1.54) is 0 Å². The van der Waals surface area contributed by atoms with Crippen molar-refractivity contribution >= 4 is 23.2 Å². The lowest BCUT2D eigenvalue weighted by atomic mass is 9.84. The largest absolute Gasteiger partial charge is 0.450 e. The molecule has 0 aliphatic carbocycles. The predicted molar refractivity (Wildman–Crippen MR) is 67.0 cm³/mol. The summed E-state index contributed by atoms with van der Waals surface area (Å²) in [5, 5.41) is 6.72. The second-order valence-electron chi connectivity index (χ2n) is 5.05. The summed E-state index contributed by atoms with van der Waals surface area (Å²) in [6, 6.07) is 1.96. The van der Waals surface area contributed by atoms with Gasteiger partial charge in [0.2, 0.25) is 5.91 Å². The SMILES string of the molecule is CC1(C)OC(=O)C2=C1NC(=O)C[C@H]2c1ccsc1. The Morgan fingerprint density at radius 2 is 2.22 bits per heavy atom. The Balaban J connectivity index is 2.13. The summed E-state index contributed by atoms with van der Waals surface area (Å²) < 4.78 is 5.35. The average Bonchev–Trinajstić information content (AvgIpc) is 2.86. The lowest BCUT2D eigenvalue weighted by Crippen LogP contribution is -2.38. The van der Waals surface area contributed by atoms with Gasteiger partial charge in [-0.3, -0.25) is 4.79 Å². The number of thiophene rings is 1. The van der Waals surface area contributed by atoms with Gasteiger partial charge in [0.05, 0.1) is 11.3 Å². The van der Waals surface area contributed by atoms with Gasteiger partial charge < -0.3 is 10.1 Å².